The first-order valence-electron chi connectivity index (χ1n) is 4.08. The van der Waals surface area contributed by atoms with E-state index in [1.165, 1.54) is 0 Å². The van der Waals surface area contributed by atoms with Gasteiger partial charge in [0, 0.05) is 17.5 Å². The summed E-state index contributed by atoms with van der Waals surface area (Å²) in [6.45, 7) is 3.83. The molecule has 0 saturated heterocycles. The summed E-state index contributed by atoms with van der Waals surface area (Å²) in [7, 11) is 0. The fourth-order valence-electron chi connectivity index (χ4n) is 1.16. The fourth-order valence-corrected chi connectivity index (χ4v) is 1.16. The smallest absolute Gasteiger partial charge is 0.181 e. The van der Waals surface area contributed by atoms with Crippen LogP contribution in [0.5, 0.6) is 0 Å². The van der Waals surface area contributed by atoms with E-state index in [2.05, 4.69) is 20.2 Å². The maximum atomic E-state index is 4.23. The largest absolute Gasteiger partial charge is 0.263 e. The van der Waals surface area contributed by atoms with Crippen molar-refractivity contribution in [2.75, 3.05) is 0 Å². The molecule has 4 heteroatoms. The number of nitrogens with zero attached hydrogens (tertiary/aromatic N) is 3. The summed E-state index contributed by atoms with van der Waals surface area (Å²) in [6.07, 6.45) is 1.76. The number of aromatic nitrogens is 4. The van der Waals surface area contributed by atoms with Crippen LogP contribution in [0.3, 0.4) is 0 Å². The number of hydrogen-bond acceptors (Lipinski definition) is 3. The molecule has 0 atom stereocenters. The van der Waals surface area contributed by atoms with Crippen molar-refractivity contribution >= 4 is 0 Å². The lowest BCUT2D eigenvalue weighted by Gasteiger charge is -1.94. The van der Waals surface area contributed by atoms with Crippen LogP contribution in [0.15, 0.2) is 18.3 Å². The van der Waals surface area contributed by atoms with Crippen LogP contribution in [-0.2, 0) is 0 Å². The second-order valence-corrected chi connectivity index (χ2v) is 2.93. The Labute approximate surface area is 76.1 Å². The standard InChI is InChI=1S/C9H10N4/c1-6-5-8(3-4-10-6)9-11-7(2)12-13-9/h3-5H,1-2H3,(H,11,12,13). The Hall–Kier alpha value is -1.71. The number of H-pyrrole nitrogens is 1. The Balaban J connectivity index is 2.46. The van der Waals surface area contributed by atoms with E-state index in [0.717, 1.165) is 22.9 Å². The minimum Gasteiger partial charge on any atom is -0.263 e. The second-order valence-electron chi connectivity index (χ2n) is 2.93. The van der Waals surface area contributed by atoms with Crippen LogP contribution in [0, 0.1) is 13.8 Å². The Morgan fingerprint density at radius 1 is 1.31 bits per heavy atom. The lowest BCUT2D eigenvalue weighted by molar-refractivity contribution is 1.04. The first kappa shape index (κ1) is 7.91. The lowest BCUT2D eigenvalue weighted by Crippen LogP contribution is -1.84. The minimum absolute atomic E-state index is 0.725. The van der Waals surface area contributed by atoms with Gasteiger partial charge in [-0.1, -0.05) is 0 Å². The highest BCUT2D eigenvalue weighted by Gasteiger charge is 2.02. The Kier molecular flexibility index (Phi) is 1.81. The van der Waals surface area contributed by atoms with Crippen LogP contribution in [0.1, 0.15) is 11.5 Å². The van der Waals surface area contributed by atoms with Gasteiger partial charge in [-0.3, -0.25) is 10.1 Å². The molecule has 0 radical (unpaired) electrons. The summed E-state index contributed by atoms with van der Waals surface area (Å²) in [5.74, 6) is 1.55. The minimum atomic E-state index is 0.725. The van der Waals surface area contributed by atoms with Crippen molar-refractivity contribution in [3.05, 3.63) is 29.8 Å². The third-order valence-corrected chi connectivity index (χ3v) is 1.75. The topological polar surface area (TPSA) is 54.5 Å². The average Bonchev–Trinajstić information content (AvgIpc) is 2.52. The van der Waals surface area contributed by atoms with E-state index in [9.17, 15) is 0 Å². The number of aryl methyl sites for hydroxylation is 2. The van der Waals surface area contributed by atoms with Crippen molar-refractivity contribution in [2.24, 2.45) is 0 Å². The zero-order valence-corrected chi connectivity index (χ0v) is 7.57. The predicted octanol–water partition coefficient (Wildman–Crippen LogP) is 1.48. The van der Waals surface area contributed by atoms with Gasteiger partial charge in [-0.2, -0.15) is 5.10 Å². The molecule has 0 bridgehead atoms. The quantitative estimate of drug-likeness (QED) is 0.712. The van der Waals surface area contributed by atoms with Gasteiger partial charge >= 0.3 is 0 Å². The number of pyridine rings is 1. The highest BCUT2D eigenvalue weighted by Crippen LogP contribution is 2.13. The van der Waals surface area contributed by atoms with E-state index in [1.807, 2.05) is 26.0 Å². The number of hydrogen-bond donors (Lipinski definition) is 1. The van der Waals surface area contributed by atoms with Crippen LogP contribution < -0.4 is 0 Å². The highest BCUT2D eigenvalue weighted by atomic mass is 15.2. The highest BCUT2D eigenvalue weighted by molar-refractivity contribution is 5.54. The van der Waals surface area contributed by atoms with Crippen molar-refractivity contribution in [1.29, 1.82) is 0 Å². The van der Waals surface area contributed by atoms with Gasteiger partial charge in [-0.05, 0) is 26.0 Å². The number of rotatable bonds is 1. The molecule has 0 aromatic carbocycles. The summed E-state index contributed by atoms with van der Waals surface area (Å²) in [4.78, 5) is 8.33. The summed E-state index contributed by atoms with van der Waals surface area (Å²) >= 11 is 0. The molecule has 0 aliphatic carbocycles. The van der Waals surface area contributed by atoms with Gasteiger partial charge in [0.05, 0.1) is 0 Å². The molecule has 2 aromatic rings. The molecule has 1 N–H and O–H groups in total. The zero-order chi connectivity index (χ0) is 9.26. The summed E-state index contributed by atoms with van der Waals surface area (Å²) < 4.78 is 0. The maximum absolute atomic E-state index is 4.23. The molecule has 2 heterocycles. The average molecular weight is 174 g/mol. The molecule has 66 valence electrons. The van der Waals surface area contributed by atoms with E-state index >= 15 is 0 Å². The molecule has 4 nitrogen and oxygen atoms in total. The zero-order valence-electron chi connectivity index (χ0n) is 7.57. The Bertz CT molecular complexity index is 419. The van der Waals surface area contributed by atoms with Gasteiger partial charge in [-0.25, -0.2) is 4.98 Å². The summed E-state index contributed by atoms with van der Waals surface area (Å²) in [5.41, 5.74) is 1.97. The van der Waals surface area contributed by atoms with Crippen molar-refractivity contribution in [3.63, 3.8) is 0 Å². The van der Waals surface area contributed by atoms with Gasteiger partial charge in [0.25, 0.3) is 0 Å². The van der Waals surface area contributed by atoms with Gasteiger partial charge in [0.2, 0.25) is 0 Å². The van der Waals surface area contributed by atoms with Crippen LogP contribution >= 0.6 is 0 Å². The fraction of sp³-hybridized carbons (Fsp3) is 0.222. The van der Waals surface area contributed by atoms with E-state index in [4.69, 9.17) is 0 Å². The molecule has 0 saturated carbocycles. The Morgan fingerprint density at radius 2 is 2.15 bits per heavy atom. The van der Waals surface area contributed by atoms with Gasteiger partial charge in [0.15, 0.2) is 5.82 Å². The van der Waals surface area contributed by atoms with Crippen LogP contribution in [-0.4, -0.2) is 20.2 Å². The summed E-state index contributed by atoms with van der Waals surface area (Å²) in [6, 6.07) is 3.86. The van der Waals surface area contributed by atoms with E-state index in [0.29, 0.717) is 0 Å². The molecular formula is C9H10N4. The molecule has 13 heavy (non-hydrogen) atoms. The third kappa shape index (κ3) is 1.56. The first-order valence-corrected chi connectivity index (χ1v) is 4.08. The van der Waals surface area contributed by atoms with Gasteiger partial charge < -0.3 is 0 Å². The molecular weight excluding hydrogens is 164 g/mol. The molecule has 0 unspecified atom stereocenters. The van der Waals surface area contributed by atoms with E-state index in [1.54, 1.807) is 6.20 Å². The van der Waals surface area contributed by atoms with E-state index < -0.39 is 0 Å². The molecule has 0 fully saturated rings. The monoisotopic (exact) mass is 174 g/mol. The lowest BCUT2D eigenvalue weighted by atomic mass is 10.2. The molecule has 2 aromatic heterocycles. The predicted molar refractivity (Wildman–Crippen MR) is 49.1 cm³/mol. The van der Waals surface area contributed by atoms with Crippen molar-refractivity contribution in [1.82, 2.24) is 20.2 Å². The van der Waals surface area contributed by atoms with Crippen LogP contribution in [0.2, 0.25) is 0 Å². The second kappa shape index (κ2) is 2.97. The number of nitrogens with one attached hydrogen (secondary N) is 1. The molecule has 0 aliphatic heterocycles. The van der Waals surface area contributed by atoms with E-state index in [-0.39, 0.29) is 0 Å². The van der Waals surface area contributed by atoms with Crippen LogP contribution in [0.25, 0.3) is 11.4 Å². The maximum Gasteiger partial charge on any atom is 0.181 e. The molecule has 0 spiro atoms. The van der Waals surface area contributed by atoms with Gasteiger partial charge in [-0.15, -0.1) is 0 Å². The SMILES string of the molecule is Cc1cc(-c2n[nH]c(C)n2)ccn1. The molecule has 2 rings (SSSR count). The number of aromatic amines is 1. The van der Waals surface area contributed by atoms with Gasteiger partial charge in [0.1, 0.15) is 5.82 Å². The first-order chi connectivity index (χ1) is 6.25. The van der Waals surface area contributed by atoms with Crippen molar-refractivity contribution in [3.8, 4) is 11.4 Å². The molecule has 0 amide bonds. The third-order valence-electron chi connectivity index (χ3n) is 1.75. The Morgan fingerprint density at radius 3 is 2.77 bits per heavy atom. The van der Waals surface area contributed by atoms with Crippen molar-refractivity contribution < 1.29 is 0 Å². The molecule has 0 aliphatic rings. The summed E-state index contributed by atoms with van der Waals surface area (Å²) in [5, 5.41) is 6.87. The normalized spacial score (nSPS) is 10.3. The van der Waals surface area contributed by atoms with Crippen molar-refractivity contribution in [2.45, 2.75) is 13.8 Å². The van der Waals surface area contributed by atoms with Crippen LogP contribution in [0.4, 0.5) is 0 Å².